The summed E-state index contributed by atoms with van der Waals surface area (Å²) >= 11 is 0. The lowest BCUT2D eigenvalue weighted by Crippen LogP contribution is -2.09. The topological polar surface area (TPSA) is 27.1 Å². The summed E-state index contributed by atoms with van der Waals surface area (Å²) in [6.45, 7) is 8.03. The van der Waals surface area contributed by atoms with Crippen molar-refractivity contribution < 1.29 is 17.9 Å². The first-order valence-electron chi connectivity index (χ1n) is 8.03. The van der Waals surface area contributed by atoms with E-state index in [2.05, 4.69) is 11.9 Å². The summed E-state index contributed by atoms with van der Waals surface area (Å²) in [7, 11) is 0. The molecule has 6 heteroatoms. The highest BCUT2D eigenvalue weighted by molar-refractivity contribution is 5.77. The summed E-state index contributed by atoms with van der Waals surface area (Å²) in [5, 5.41) is 0. The molecule has 2 rings (SSSR count). The fraction of sp³-hybridized carbons (Fsp3) is 0.588. The van der Waals surface area contributed by atoms with Crippen molar-refractivity contribution >= 4 is 11.0 Å². The van der Waals surface area contributed by atoms with E-state index in [-0.39, 0.29) is 5.92 Å². The zero-order chi connectivity index (χ0) is 17.0. The normalized spacial score (nSPS) is 13.7. The number of benzene rings is 1. The third-order valence-electron chi connectivity index (χ3n) is 4.03. The van der Waals surface area contributed by atoms with E-state index in [9.17, 15) is 13.2 Å². The summed E-state index contributed by atoms with van der Waals surface area (Å²) in [4.78, 5) is 4.48. The minimum atomic E-state index is -4.34. The summed E-state index contributed by atoms with van der Waals surface area (Å²) in [5.41, 5.74) is 0.510. The van der Waals surface area contributed by atoms with Crippen molar-refractivity contribution in [3.8, 4) is 0 Å². The van der Waals surface area contributed by atoms with E-state index in [1.165, 1.54) is 6.07 Å². The highest BCUT2D eigenvalue weighted by Gasteiger charge is 2.31. The Morgan fingerprint density at radius 1 is 1.26 bits per heavy atom. The standard InChI is InChI=1S/C17H23F3N2O/c1-4-12(3)16-21-14-11-13(17(18,19)20)7-8-15(14)22(16)9-6-10-23-5-2/h7-8,11-12H,4-6,9-10H2,1-3H3. The van der Waals surface area contributed by atoms with Crippen LogP contribution in [0.15, 0.2) is 18.2 Å². The molecule has 1 atom stereocenters. The molecule has 2 aromatic rings. The second-order valence-corrected chi connectivity index (χ2v) is 5.68. The minimum Gasteiger partial charge on any atom is -0.382 e. The van der Waals surface area contributed by atoms with Crippen LogP contribution in [0.3, 0.4) is 0 Å². The molecule has 1 heterocycles. The number of hydrogen-bond donors (Lipinski definition) is 0. The number of alkyl halides is 3. The summed E-state index contributed by atoms with van der Waals surface area (Å²) in [6.07, 6.45) is -2.64. The van der Waals surface area contributed by atoms with Crippen LogP contribution in [-0.4, -0.2) is 22.8 Å². The van der Waals surface area contributed by atoms with Gasteiger partial charge < -0.3 is 9.30 Å². The van der Waals surface area contributed by atoms with E-state index in [1.807, 2.05) is 18.4 Å². The van der Waals surface area contributed by atoms with Crippen LogP contribution in [0, 0.1) is 0 Å². The first-order valence-corrected chi connectivity index (χ1v) is 8.03. The van der Waals surface area contributed by atoms with Crippen LogP contribution in [-0.2, 0) is 17.5 Å². The number of fused-ring (bicyclic) bond motifs is 1. The number of imidazole rings is 1. The second-order valence-electron chi connectivity index (χ2n) is 5.68. The molecule has 0 saturated heterocycles. The van der Waals surface area contributed by atoms with Crippen molar-refractivity contribution in [2.45, 2.75) is 52.3 Å². The van der Waals surface area contributed by atoms with Crippen LogP contribution < -0.4 is 0 Å². The Morgan fingerprint density at radius 2 is 2.00 bits per heavy atom. The number of aromatic nitrogens is 2. The van der Waals surface area contributed by atoms with Crippen molar-refractivity contribution in [1.29, 1.82) is 0 Å². The predicted octanol–water partition coefficient (Wildman–Crippen LogP) is 5.00. The largest absolute Gasteiger partial charge is 0.416 e. The quantitative estimate of drug-likeness (QED) is 0.669. The molecule has 23 heavy (non-hydrogen) atoms. The molecule has 0 amide bonds. The molecule has 1 aromatic heterocycles. The van der Waals surface area contributed by atoms with Gasteiger partial charge in [0, 0.05) is 25.7 Å². The molecule has 0 aliphatic rings. The molecule has 0 spiro atoms. The molecule has 0 fully saturated rings. The molecule has 0 N–H and O–H groups in total. The molecule has 3 nitrogen and oxygen atoms in total. The maximum absolute atomic E-state index is 12.9. The molecule has 0 aliphatic heterocycles. The monoisotopic (exact) mass is 328 g/mol. The van der Waals surface area contributed by atoms with Crippen molar-refractivity contribution in [3.63, 3.8) is 0 Å². The molecule has 0 aliphatic carbocycles. The third-order valence-corrected chi connectivity index (χ3v) is 4.03. The fourth-order valence-corrected chi connectivity index (χ4v) is 2.59. The molecular formula is C17H23F3N2O. The maximum Gasteiger partial charge on any atom is 0.416 e. The van der Waals surface area contributed by atoms with Gasteiger partial charge in [0.1, 0.15) is 5.82 Å². The molecule has 0 radical (unpaired) electrons. The average Bonchev–Trinajstić information content (AvgIpc) is 2.88. The van der Waals surface area contributed by atoms with Crippen LogP contribution in [0.2, 0.25) is 0 Å². The molecule has 0 bridgehead atoms. The van der Waals surface area contributed by atoms with E-state index in [0.717, 1.165) is 36.3 Å². The van der Waals surface area contributed by atoms with Crippen LogP contribution in [0.1, 0.15) is 50.9 Å². The van der Waals surface area contributed by atoms with Crippen molar-refractivity contribution in [2.75, 3.05) is 13.2 Å². The Hall–Kier alpha value is -1.56. The lowest BCUT2D eigenvalue weighted by molar-refractivity contribution is -0.137. The van der Waals surface area contributed by atoms with E-state index >= 15 is 0 Å². The van der Waals surface area contributed by atoms with Gasteiger partial charge in [0.05, 0.1) is 16.6 Å². The zero-order valence-corrected chi connectivity index (χ0v) is 13.8. The SMILES string of the molecule is CCOCCCn1c(C(C)CC)nc2cc(C(F)(F)F)ccc21. The Balaban J connectivity index is 2.40. The van der Waals surface area contributed by atoms with Gasteiger partial charge in [-0.25, -0.2) is 4.98 Å². The number of halogens is 3. The van der Waals surface area contributed by atoms with Gasteiger partial charge in [-0.3, -0.25) is 0 Å². The Labute approximate surface area is 134 Å². The Bertz CT molecular complexity index is 649. The fourth-order valence-electron chi connectivity index (χ4n) is 2.59. The van der Waals surface area contributed by atoms with Crippen LogP contribution in [0.4, 0.5) is 13.2 Å². The van der Waals surface area contributed by atoms with Gasteiger partial charge in [0.15, 0.2) is 0 Å². The first kappa shape index (κ1) is 17.8. The second kappa shape index (κ2) is 7.34. The van der Waals surface area contributed by atoms with Crippen molar-refractivity contribution in [3.05, 3.63) is 29.6 Å². The van der Waals surface area contributed by atoms with Crippen LogP contribution >= 0.6 is 0 Å². The molecule has 1 aromatic carbocycles. The van der Waals surface area contributed by atoms with Gasteiger partial charge in [-0.15, -0.1) is 0 Å². The zero-order valence-electron chi connectivity index (χ0n) is 13.8. The number of rotatable bonds is 7. The van der Waals surface area contributed by atoms with Gasteiger partial charge >= 0.3 is 6.18 Å². The van der Waals surface area contributed by atoms with Crippen molar-refractivity contribution in [2.24, 2.45) is 0 Å². The number of aryl methyl sites for hydroxylation is 1. The average molecular weight is 328 g/mol. The summed E-state index contributed by atoms with van der Waals surface area (Å²) in [5.74, 6) is 1.04. The first-order chi connectivity index (χ1) is 10.9. The third kappa shape index (κ3) is 4.05. The van der Waals surface area contributed by atoms with E-state index in [0.29, 0.717) is 25.3 Å². The van der Waals surface area contributed by atoms with E-state index < -0.39 is 11.7 Å². The predicted molar refractivity (Wildman–Crippen MR) is 84.6 cm³/mol. The van der Waals surface area contributed by atoms with Gasteiger partial charge in [-0.1, -0.05) is 13.8 Å². The number of ether oxygens (including phenoxy) is 1. The van der Waals surface area contributed by atoms with Crippen LogP contribution in [0.25, 0.3) is 11.0 Å². The Kier molecular flexibility index (Phi) is 5.68. The van der Waals surface area contributed by atoms with E-state index in [1.54, 1.807) is 0 Å². The van der Waals surface area contributed by atoms with Gasteiger partial charge in [-0.05, 0) is 38.0 Å². The lowest BCUT2D eigenvalue weighted by atomic mass is 10.1. The van der Waals surface area contributed by atoms with E-state index in [4.69, 9.17) is 4.74 Å². The summed E-state index contributed by atoms with van der Waals surface area (Å²) in [6, 6.07) is 3.79. The van der Waals surface area contributed by atoms with Crippen LogP contribution in [0.5, 0.6) is 0 Å². The highest BCUT2D eigenvalue weighted by Crippen LogP contribution is 2.32. The molecule has 0 saturated carbocycles. The molecular weight excluding hydrogens is 305 g/mol. The molecule has 1 unspecified atom stereocenters. The van der Waals surface area contributed by atoms with Gasteiger partial charge in [0.2, 0.25) is 0 Å². The smallest absolute Gasteiger partial charge is 0.382 e. The number of hydrogen-bond acceptors (Lipinski definition) is 2. The lowest BCUT2D eigenvalue weighted by Gasteiger charge is -2.13. The van der Waals surface area contributed by atoms with Gasteiger partial charge in [0.25, 0.3) is 0 Å². The maximum atomic E-state index is 12.9. The minimum absolute atomic E-state index is 0.198. The molecule has 128 valence electrons. The van der Waals surface area contributed by atoms with Crippen molar-refractivity contribution in [1.82, 2.24) is 9.55 Å². The van der Waals surface area contributed by atoms with Gasteiger partial charge in [-0.2, -0.15) is 13.2 Å². The number of nitrogens with zero attached hydrogens (tertiary/aromatic N) is 2. The highest BCUT2D eigenvalue weighted by atomic mass is 19.4. The Morgan fingerprint density at radius 3 is 2.61 bits per heavy atom. The summed E-state index contributed by atoms with van der Waals surface area (Å²) < 4.78 is 46.0.